The van der Waals surface area contributed by atoms with Gasteiger partial charge in [-0.1, -0.05) is 0 Å². The Morgan fingerprint density at radius 3 is 2.58 bits per heavy atom. The van der Waals surface area contributed by atoms with Crippen molar-refractivity contribution in [3.8, 4) is 0 Å². The van der Waals surface area contributed by atoms with Gasteiger partial charge in [-0.2, -0.15) is 0 Å². The van der Waals surface area contributed by atoms with E-state index in [1.165, 1.54) is 31.4 Å². The molecule has 2 atom stereocenters. The Bertz CT molecular complexity index is 112. The largest absolute Gasteiger partial charge is 0.376 e. The molecule has 0 bridgehead atoms. The third-order valence-corrected chi connectivity index (χ3v) is 3.37. The quantitative estimate of drug-likeness (QED) is 0.627. The molecule has 0 aliphatic carbocycles. The van der Waals surface area contributed by atoms with Gasteiger partial charge in [-0.05, 0) is 31.4 Å². The SMILES string of the molecule is C1CCC(C2CCSCO2)OC1. The Morgan fingerprint density at radius 2 is 1.92 bits per heavy atom. The van der Waals surface area contributed by atoms with Crippen LogP contribution in [0.4, 0.5) is 0 Å². The van der Waals surface area contributed by atoms with Gasteiger partial charge in [-0.3, -0.25) is 0 Å². The summed E-state index contributed by atoms with van der Waals surface area (Å²) in [6.07, 6.45) is 5.73. The van der Waals surface area contributed by atoms with E-state index in [9.17, 15) is 0 Å². The van der Waals surface area contributed by atoms with Crippen molar-refractivity contribution in [1.82, 2.24) is 0 Å². The number of rotatable bonds is 1. The van der Waals surface area contributed by atoms with Crippen LogP contribution in [-0.4, -0.2) is 30.5 Å². The molecule has 0 saturated carbocycles. The Kier molecular flexibility index (Phi) is 3.31. The van der Waals surface area contributed by atoms with Crippen LogP contribution in [0.15, 0.2) is 0 Å². The molecule has 3 heteroatoms. The topological polar surface area (TPSA) is 18.5 Å². The number of thioether (sulfide) groups is 1. The highest BCUT2D eigenvalue weighted by Crippen LogP contribution is 2.25. The van der Waals surface area contributed by atoms with Gasteiger partial charge in [0.25, 0.3) is 0 Å². The van der Waals surface area contributed by atoms with Crippen molar-refractivity contribution >= 4 is 11.8 Å². The first-order valence-corrected chi connectivity index (χ1v) is 5.93. The van der Waals surface area contributed by atoms with Crippen molar-refractivity contribution in [2.24, 2.45) is 0 Å². The van der Waals surface area contributed by atoms with E-state index < -0.39 is 0 Å². The van der Waals surface area contributed by atoms with E-state index in [1.54, 1.807) is 0 Å². The zero-order valence-corrected chi connectivity index (χ0v) is 8.15. The molecule has 0 spiro atoms. The molecule has 0 aromatic heterocycles. The van der Waals surface area contributed by atoms with Gasteiger partial charge in [-0.15, -0.1) is 11.8 Å². The molecule has 0 radical (unpaired) electrons. The van der Waals surface area contributed by atoms with Crippen LogP contribution in [0.25, 0.3) is 0 Å². The van der Waals surface area contributed by atoms with Gasteiger partial charge in [0.15, 0.2) is 0 Å². The van der Waals surface area contributed by atoms with Crippen LogP contribution < -0.4 is 0 Å². The Hall–Kier alpha value is 0.270. The molecule has 0 amide bonds. The van der Waals surface area contributed by atoms with Crippen LogP contribution in [-0.2, 0) is 9.47 Å². The fourth-order valence-electron chi connectivity index (χ4n) is 1.83. The summed E-state index contributed by atoms with van der Waals surface area (Å²) in [7, 11) is 0. The summed E-state index contributed by atoms with van der Waals surface area (Å²) in [6.45, 7) is 0.942. The molecule has 0 aromatic carbocycles. The molecule has 2 rings (SSSR count). The Balaban J connectivity index is 1.80. The van der Waals surface area contributed by atoms with Gasteiger partial charge in [-0.25, -0.2) is 0 Å². The van der Waals surface area contributed by atoms with E-state index in [-0.39, 0.29) is 0 Å². The average molecular weight is 188 g/mol. The number of hydrogen-bond acceptors (Lipinski definition) is 3. The average Bonchev–Trinajstić information content (AvgIpc) is 2.21. The second-order valence-corrected chi connectivity index (χ2v) is 4.48. The first-order valence-electron chi connectivity index (χ1n) is 4.78. The molecular formula is C9H16O2S. The summed E-state index contributed by atoms with van der Waals surface area (Å²) in [5.41, 5.74) is 0. The standard InChI is InChI=1S/C9H16O2S/c1-2-5-10-8(3-1)9-4-6-12-7-11-9/h8-9H,1-7H2. The maximum absolute atomic E-state index is 5.68. The lowest BCUT2D eigenvalue weighted by molar-refractivity contribution is -0.0841. The van der Waals surface area contributed by atoms with E-state index in [4.69, 9.17) is 9.47 Å². The first-order chi connectivity index (χ1) is 5.97. The zero-order valence-electron chi connectivity index (χ0n) is 7.33. The predicted octanol–water partition coefficient (Wildman–Crippen LogP) is 2.04. The minimum atomic E-state index is 0.395. The maximum Gasteiger partial charge on any atom is 0.0926 e. The van der Waals surface area contributed by atoms with Crippen LogP contribution in [0, 0.1) is 0 Å². The summed E-state index contributed by atoms with van der Waals surface area (Å²) in [4.78, 5) is 0. The molecule has 70 valence electrons. The fraction of sp³-hybridized carbons (Fsp3) is 1.00. The summed E-state index contributed by atoms with van der Waals surface area (Å²) < 4.78 is 11.3. The molecule has 12 heavy (non-hydrogen) atoms. The maximum atomic E-state index is 5.68. The zero-order chi connectivity index (χ0) is 8.23. The molecule has 2 aliphatic rings. The molecule has 0 N–H and O–H groups in total. The van der Waals surface area contributed by atoms with Gasteiger partial charge in [0.2, 0.25) is 0 Å². The van der Waals surface area contributed by atoms with Crippen LogP contribution in [0.1, 0.15) is 25.7 Å². The minimum Gasteiger partial charge on any atom is -0.376 e. The lowest BCUT2D eigenvalue weighted by atomic mass is 10.0. The Labute approximate surface area is 78.0 Å². The second kappa shape index (κ2) is 4.49. The smallest absolute Gasteiger partial charge is 0.0926 e. The third kappa shape index (κ3) is 2.15. The van der Waals surface area contributed by atoms with Crippen LogP contribution in [0.3, 0.4) is 0 Å². The molecule has 2 aliphatic heterocycles. The first kappa shape index (κ1) is 8.85. The van der Waals surface area contributed by atoms with E-state index in [2.05, 4.69) is 0 Å². The highest BCUT2D eigenvalue weighted by Gasteiger charge is 2.26. The van der Waals surface area contributed by atoms with Crippen LogP contribution >= 0.6 is 11.8 Å². The molecule has 2 unspecified atom stereocenters. The molecule has 2 saturated heterocycles. The molecular weight excluding hydrogens is 172 g/mol. The molecule has 0 aromatic rings. The Morgan fingerprint density at radius 1 is 1.00 bits per heavy atom. The van der Waals surface area contributed by atoms with Crippen molar-refractivity contribution in [2.45, 2.75) is 37.9 Å². The number of hydrogen-bond donors (Lipinski definition) is 0. The monoisotopic (exact) mass is 188 g/mol. The molecule has 2 heterocycles. The lowest BCUT2D eigenvalue weighted by Gasteiger charge is -2.32. The van der Waals surface area contributed by atoms with Crippen LogP contribution in [0.5, 0.6) is 0 Å². The van der Waals surface area contributed by atoms with E-state index in [0.717, 1.165) is 12.5 Å². The highest BCUT2D eigenvalue weighted by atomic mass is 32.2. The van der Waals surface area contributed by atoms with Gasteiger partial charge in [0.1, 0.15) is 0 Å². The van der Waals surface area contributed by atoms with Gasteiger partial charge < -0.3 is 9.47 Å². The minimum absolute atomic E-state index is 0.395. The van der Waals surface area contributed by atoms with Gasteiger partial charge in [0, 0.05) is 6.61 Å². The van der Waals surface area contributed by atoms with Crippen molar-refractivity contribution in [1.29, 1.82) is 0 Å². The molecule has 2 nitrogen and oxygen atoms in total. The van der Waals surface area contributed by atoms with Crippen molar-refractivity contribution < 1.29 is 9.47 Å². The lowest BCUT2D eigenvalue weighted by Crippen LogP contribution is -2.36. The van der Waals surface area contributed by atoms with Gasteiger partial charge in [0.05, 0.1) is 18.1 Å². The second-order valence-electron chi connectivity index (χ2n) is 3.42. The molecule has 2 fully saturated rings. The van der Waals surface area contributed by atoms with E-state index in [1.807, 2.05) is 11.8 Å². The van der Waals surface area contributed by atoms with Crippen LogP contribution in [0.2, 0.25) is 0 Å². The highest BCUT2D eigenvalue weighted by molar-refractivity contribution is 7.99. The van der Waals surface area contributed by atoms with Crippen molar-refractivity contribution in [3.05, 3.63) is 0 Å². The van der Waals surface area contributed by atoms with E-state index in [0.29, 0.717) is 12.2 Å². The van der Waals surface area contributed by atoms with Gasteiger partial charge >= 0.3 is 0 Å². The number of ether oxygens (including phenoxy) is 2. The summed E-state index contributed by atoms with van der Waals surface area (Å²) in [6, 6.07) is 0. The predicted molar refractivity (Wildman–Crippen MR) is 50.4 cm³/mol. The van der Waals surface area contributed by atoms with E-state index >= 15 is 0 Å². The summed E-state index contributed by atoms with van der Waals surface area (Å²) >= 11 is 1.88. The van der Waals surface area contributed by atoms with Crippen molar-refractivity contribution in [3.63, 3.8) is 0 Å². The fourth-order valence-corrected chi connectivity index (χ4v) is 2.62. The normalized spacial score (nSPS) is 38.0. The summed E-state index contributed by atoms with van der Waals surface area (Å²) in [5.74, 6) is 2.11. The van der Waals surface area contributed by atoms with Crippen molar-refractivity contribution in [2.75, 3.05) is 18.3 Å². The summed E-state index contributed by atoms with van der Waals surface area (Å²) in [5, 5.41) is 0. The third-order valence-electron chi connectivity index (χ3n) is 2.54.